The Morgan fingerprint density at radius 1 is 1.35 bits per heavy atom. The number of hydrogen-bond donors (Lipinski definition) is 1. The Morgan fingerprint density at radius 3 is 2.65 bits per heavy atom. The van der Waals surface area contributed by atoms with Gasteiger partial charge in [0.2, 0.25) is 0 Å². The molecule has 5 heteroatoms. The van der Waals surface area contributed by atoms with E-state index >= 15 is 0 Å². The van der Waals surface area contributed by atoms with Crippen LogP contribution >= 0.6 is 0 Å². The van der Waals surface area contributed by atoms with Gasteiger partial charge in [0.05, 0.1) is 11.3 Å². The zero-order valence-electron chi connectivity index (χ0n) is 13.4. The number of nitriles is 1. The molecule has 0 spiro atoms. The van der Waals surface area contributed by atoms with Crippen molar-refractivity contribution in [3.05, 3.63) is 47.2 Å². The van der Waals surface area contributed by atoms with E-state index in [2.05, 4.69) is 17.0 Å². The van der Waals surface area contributed by atoms with Crippen molar-refractivity contribution in [3.63, 3.8) is 0 Å². The second-order valence-corrected chi connectivity index (χ2v) is 5.22. The van der Waals surface area contributed by atoms with Gasteiger partial charge in [0.25, 0.3) is 0 Å². The maximum Gasteiger partial charge on any atom is 0.166 e. The summed E-state index contributed by atoms with van der Waals surface area (Å²) in [4.78, 5) is 5.86. The zero-order chi connectivity index (χ0) is 17.0. The molecule has 0 bridgehead atoms. The lowest BCUT2D eigenvalue weighted by molar-refractivity contribution is 0.227. The summed E-state index contributed by atoms with van der Waals surface area (Å²) in [6.07, 6.45) is 6.74. The monoisotopic (exact) mass is 306 g/mol. The molecule has 0 radical (unpaired) electrons. The number of anilines is 2. The molecule has 0 aliphatic rings. The first kappa shape index (κ1) is 16.2. The van der Waals surface area contributed by atoms with Crippen molar-refractivity contribution in [3.8, 4) is 24.2 Å². The average molecular weight is 306 g/mol. The molecular weight excluding hydrogens is 288 g/mol. The second kappa shape index (κ2) is 6.72. The Bertz CT molecular complexity index is 800. The lowest BCUT2D eigenvalue weighted by atomic mass is 9.95. The van der Waals surface area contributed by atoms with Crippen molar-refractivity contribution in [1.82, 2.24) is 4.98 Å². The number of rotatable bonds is 4. The number of nitrogens with zero attached hydrogens (tertiary/aromatic N) is 3. The summed E-state index contributed by atoms with van der Waals surface area (Å²) >= 11 is 0. The Labute approximate surface area is 136 Å². The second-order valence-electron chi connectivity index (χ2n) is 5.22. The van der Waals surface area contributed by atoms with E-state index in [0.717, 1.165) is 5.69 Å². The largest absolute Gasteiger partial charge is 0.482 e. The van der Waals surface area contributed by atoms with E-state index in [1.165, 1.54) is 0 Å². The third kappa shape index (κ3) is 3.20. The number of hydrogen-bond acceptors (Lipinski definition) is 5. The van der Waals surface area contributed by atoms with Crippen molar-refractivity contribution in [1.29, 1.82) is 5.26 Å². The van der Waals surface area contributed by atoms with Crippen LogP contribution in [0.4, 0.5) is 11.5 Å². The van der Waals surface area contributed by atoms with E-state index in [1.54, 1.807) is 18.3 Å². The molecule has 2 rings (SSSR count). The third-order valence-electron chi connectivity index (χ3n) is 3.48. The highest BCUT2D eigenvalue weighted by atomic mass is 16.5. The highest BCUT2D eigenvalue weighted by Gasteiger charge is 2.21. The Kier molecular flexibility index (Phi) is 4.73. The standard InChI is InChI=1S/C18H18N4O/c1-5-13-8-9-15(22(3)4)14(11-19)17(13)12(2)23-16-7-6-10-21-18(16)20/h1,6-10,12H,2-4H3,(H2,20,21). The Balaban J connectivity index is 2.53. The van der Waals surface area contributed by atoms with Crippen LogP contribution in [-0.2, 0) is 0 Å². The summed E-state index contributed by atoms with van der Waals surface area (Å²) in [5.74, 6) is 3.38. The summed E-state index contributed by atoms with van der Waals surface area (Å²) in [6, 6.07) is 9.36. The first-order valence-electron chi connectivity index (χ1n) is 7.07. The molecule has 1 heterocycles. The molecule has 0 aliphatic carbocycles. The number of terminal acetylenes is 1. The van der Waals surface area contributed by atoms with Crippen molar-refractivity contribution >= 4 is 11.5 Å². The van der Waals surface area contributed by atoms with Crippen LogP contribution in [0.2, 0.25) is 0 Å². The maximum atomic E-state index is 9.60. The van der Waals surface area contributed by atoms with E-state index in [-0.39, 0.29) is 0 Å². The molecule has 0 saturated heterocycles. The molecule has 0 saturated carbocycles. The fourth-order valence-electron chi connectivity index (χ4n) is 2.40. The molecular formula is C18H18N4O. The molecule has 0 aliphatic heterocycles. The number of benzene rings is 1. The summed E-state index contributed by atoms with van der Waals surface area (Å²) in [7, 11) is 3.75. The van der Waals surface area contributed by atoms with Crippen LogP contribution < -0.4 is 15.4 Å². The summed E-state index contributed by atoms with van der Waals surface area (Å²) in [5.41, 5.74) is 8.40. The van der Waals surface area contributed by atoms with Gasteiger partial charge in [0.15, 0.2) is 11.6 Å². The number of aromatic nitrogens is 1. The first-order valence-corrected chi connectivity index (χ1v) is 7.07. The SMILES string of the molecule is C#Cc1ccc(N(C)C)c(C#N)c1C(C)Oc1cccnc1N. The van der Waals surface area contributed by atoms with Gasteiger partial charge >= 0.3 is 0 Å². The van der Waals surface area contributed by atoms with Gasteiger partial charge in [-0.15, -0.1) is 6.42 Å². The fourth-order valence-corrected chi connectivity index (χ4v) is 2.40. The molecule has 1 atom stereocenters. The summed E-state index contributed by atoms with van der Waals surface area (Å²) in [6.45, 7) is 1.84. The van der Waals surface area contributed by atoms with Gasteiger partial charge in [-0.2, -0.15) is 5.26 Å². The van der Waals surface area contributed by atoms with Crippen molar-refractivity contribution in [2.45, 2.75) is 13.0 Å². The van der Waals surface area contributed by atoms with Gasteiger partial charge in [-0.1, -0.05) is 5.92 Å². The third-order valence-corrected chi connectivity index (χ3v) is 3.48. The van der Waals surface area contributed by atoms with E-state index in [0.29, 0.717) is 28.3 Å². The predicted molar refractivity (Wildman–Crippen MR) is 91.1 cm³/mol. The van der Waals surface area contributed by atoms with Crippen molar-refractivity contribution < 1.29 is 4.74 Å². The van der Waals surface area contributed by atoms with Crippen LogP contribution in [0, 0.1) is 23.7 Å². The van der Waals surface area contributed by atoms with Crippen LogP contribution in [0.5, 0.6) is 5.75 Å². The van der Waals surface area contributed by atoms with Crippen LogP contribution in [-0.4, -0.2) is 19.1 Å². The van der Waals surface area contributed by atoms with Gasteiger partial charge in [-0.25, -0.2) is 4.98 Å². The van der Waals surface area contributed by atoms with Gasteiger partial charge in [-0.3, -0.25) is 0 Å². The quantitative estimate of drug-likeness (QED) is 0.879. The Morgan fingerprint density at radius 2 is 2.09 bits per heavy atom. The molecule has 116 valence electrons. The molecule has 1 aromatic heterocycles. The van der Waals surface area contributed by atoms with Gasteiger partial charge in [-0.05, 0) is 31.2 Å². The normalized spacial score (nSPS) is 11.2. The molecule has 2 aromatic rings. The van der Waals surface area contributed by atoms with E-state index in [9.17, 15) is 5.26 Å². The van der Waals surface area contributed by atoms with E-state index < -0.39 is 6.10 Å². The Hall–Kier alpha value is -3.18. The number of nitrogen functional groups attached to an aromatic ring is 1. The van der Waals surface area contributed by atoms with Crippen molar-refractivity contribution in [2.75, 3.05) is 24.7 Å². The molecule has 1 aromatic carbocycles. The van der Waals surface area contributed by atoms with Gasteiger partial charge in [0.1, 0.15) is 12.2 Å². The smallest absolute Gasteiger partial charge is 0.166 e. The number of nitrogens with two attached hydrogens (primary N) is 1. The molecule has 5 nitrogen and oxygen atoms in total. The predicted octanol–water partition coefficient (Wildman–Crippen LogP) is 2.72. The number of ether oxygens (including phenoxy) is 1. The minimum absolute atomic E-state index is 0.295. The molecule has 0 fully saturated rings. The zero-order valence-corrected chi connectivity index (χ0v) is 13.4. The maximum absolute atomic E-state index is 9.60. The topological polar surface area (TPSA) is 75.2 Å². The van der Waals surface area contributed by atoms with E-state index in [1.807, 2.05) is 38.1 Å². The first-order chi connectivity index (χ1) is 11.0. The van der Waals surface area contributed by atoms with Crippen LogP contribution in [0.15, 0.2) is 30.5 Å². The fraction of sp³-hybridized carbons (Fsp3) is 0.222. The van der Waals surface area contributed by atoms with Gasteiger partial charge < -0.3 is 15.4 Å². The lowest BCUT2D eigenvalue weighted by Crippen LogP contribution is -2.15. The van der Waals surface area contributed by atoms with Crippen molar-refractivity contribution in [2.24, 2.45) is 0 Å². The molecule has 0 amide bonds. The minimum atomic E-state index is -0.443. The minimum Gasteiger partial charge on any atom is -0.482 e. The molecule has 1 unspecified atom stereocenters. The highest BCUT2D eigenvalue weighted by Crippen LogP contribution is 2.33. The molecule has 23 heavy (non-hydrogen) atoms. The average Bonchev–Trinajstić information content (AvgIpc) is 2.55. The van der Waals surface area contributed by atoms with Crippen LogP contribution in [0.3, 0.4) is 0 Å². The summed E-state index contributed by atoms with van der Waals surface area (Å²) < 4.78 is 5.90. The lowest BCUT2D eigenvalue weighted by Gasteiger charge is -2.22. The van der Waals surface area contributed by atoms with Gasteiger partial charge in [0, 0.05) is 31.4 Å². The van der Waals surface area contributed by atoms with Crippen LogP contribution in [0.25, 0.3) is 0 Å². The number of pyridine rings is 1. The summed E-state index contributed by atoms with van der Waals surface area (Å²) in [5, 5.41) is 9.60. The van der Waals surface area contributed by atoms with Crippen LogP contribution in [0.1, 0.15) is 29.7 Å². The highest BCUT2D eigenvalue weighted by molar-refractivity contribution is 5.66. The van der Waals surface area contributed by atoms with E-state index in [4.69, 9.17) is 16.9 Å². The molecule has 2 N–H and O–H groups in total.